The van der Waals surface area contributed by atoms with Gasteiger partial charge in [0.2, 0.25) is 0 Å². The van der Waals surface area contributed by atoms with Crippen LogP contribution in [0.2, 0.25) is 5.02 Å². The van der Waals surface area contributed by atoms with Gasteiger partial charge in [0.25, 0.3) is 11.8 Å². The molecule has 6 nitrogen and oxygen atoms in total. The summed E-state index contributed by atoms with van der Waals surface area (Å²) in [6, 6.07) is 15.9. The maximum absolute atomic E-state index is 12.8. The number of para-hydroxylation sites is 1. The lowest BCUT2D eigenvalue weighted by Crippen LogP contribution is -2.42. The molecule has 2 amide bonds. The van der Waals surface area contributed by atoms with Crippen LogP contribution in [-0.4, -0.2) is 29.9 Å². The average Bonchev–Trinajstić information content (AvgIpc) is 3.26. The van der Waals surface area contributed by atoms with E-state index in [1.807, 2.05) is 30.3 Å². The van der Waals surface area contributed by atoms with E-state index in [4.69, 9.17) is 16.6 Å². The summed E-state index contributed by atoms with van der Waals surface area (Å²) in [6.45, 7) is 1.73. The molecular formula is C21H19ClN4O2. The van der Waals surface area contributed by atoms with Crippen LogP contribution in [-0.2, 0) is 0 Å². The summed E-state index contributed by atoms with van der Waals surface area (Å²) in [5, 5.41) is 1.41. The topological polar surface area (TPSA) is 74.3 Å². The number of anilines is 1. The Morgan fingerprint density at radius 2 is 1.61 bits per heavy atom. The summed E-state index contributed by atoms with van der Waals surface area (Å²) in [7, 11) is 0. The second-order valence-corrected chi connectivity index (χ2v) is 7.10. The minimum Gasteiger partial charge on any atom is -0.356 e. The molecule has 2 aromatic carbocycles. The Balaban J connectivity index is 1.58. The Kier molecular flexibility index (Phi) is 5.12. The molecule has 142 valence electrons. The van der Waals surface area contributed by atoms with Crippen molar-refractivity contribution in [1.82, 2.24) is 15.8 Å². The summed E-state index contributed by atoms with van der Waals surface area (Å²) >= 11 is 5.84. The third-order valence-electron chi connectivity index (χ3n) is 4.75. The van der Waals surface area contributed by atoms with Crippen LogP contribution in [0.5, 0.6) is 0 Å². The van der Waals surface area contributed by atoms with Crippen molar-refractivity contribution in [3.05, 3.63) is 70.7 Å². The van der Waals surface area contributed by atoms with Crippen molar-refractivity contribution in [2.45, 2.75) is 12.8 Å². The summed E-state index contributed by atoms with van der Waals surface area (Å²) in [6.07, 6.45) is 2.14. The van der Waals surface area contributed by atoms with E-state index in [2.05, 4.69) is 15.8 Å². The first-order valence-corrected chi connectivity index (χ1v) is 9.50. The highest BCUT2D eigenvalue weighted by molar-refractivity contribution is 6.30. The van der Waals surface area contributed by atoms with Gasteiger partial charge in [-0.1, -0.05) is 29.8 Å². The highest BCUT2D eigenvalue weighted by Gasteiger charge is 2.22. The molecule has 2 heterocycles. The molecule has 1 fully saturated rings. The van der Waals surface area contributed by atoms with E-state index < -0.39 is 11.8 Å². The van der Waals surface area contributed by atoms with Gasteiger partial charge in [-0.05, 0) is 49.2 Å². The van der Waals surface area contributed by atoms with E-state index in [1.54, 1.807) is 24.3 Å². The molecule has 0 saturated carbocycles. The number of aromatic nitrogens is 1. The first kappa shape index (κ1) is 18.3. The Bertz CT molecular complexity index is 1030. The smallest absolute Gasteiger partial charge is 0.273 e. The molecule has 0 bridgehead atoms. The monoisotopic (exact) mass is 394 g/mol. The van der Waals surface area contributed by atoms with Crippen molar-refractivity contribution in [3.8, 4) is 0 Å². The lowest BCUT2D eigenvalue weighted by Gasteiger charge is -2.20. The van der Waals surface area contributed by atoms with Gasteiger partial charge in [-0.2, -0.15) is 0 Å². The van der Waals surface area contributed by atoms with Crippen molar-refractivity contribution in [1.29, 1.82) is 0 Å². The molecule has 4 rings (SSSR count). The first-order chi connectivity index (χ1) is 13.6. The van der Waals surface area contributed by atoms with E-state index in [-0.39, 0.29) is 0 Å². The van der Waals surface area contributed by atoms with Gasteiger partial charge in [-0.3, -0.25) is 20.4 Å². The Morgan fingerprint density at radius 3 is 2.36 bits per heavy atom. The van der Waals surface area contributed by atoms with E-state index in [0.717, 1.165) is 36.8 Å². The zero-order chi connectivity index (χ0) is 19.5. The minimum atomic E-state index is -0.415. The zero-order valence-electron chi connectivity index (χ0n) is 15.1. The van der Waals surface area contributed by atoms with E-state index in [0.29, 0.717) is 22.0 Å². The number of halogens is 1. The molecule has 28 heavy (non-hydrogen) atoms. The molecule has 0 unspecified atom stereocenters. The van der Waals surface area contributed by atoms with E-state index in [9.17, 15) is 9.59 Å². The van der Waals surface area contributed by atoms with Crippen LogP contribution in [0.4, 0.5) is 5.82 Å². The highest BCUT2D eigenvalue weighted by atomic mass is 35.5. The van der Waals surface area contributed by atoms with Crippen LogP contribution >= 0.6 is 11.6 Å². The number of hydrogen-bond donors (Lipinski definition) is 2. The molecule has 3 aromatic rings. The number of nitrogens with zero attached hydrogens (tertiary/aromatic N) is 2. The number of fused-ring (bicyclic) bond motifs is 1. The van der Waals surface area contributed by atoms with Crippen molar-refractivity contribution >= 4 is 40.1 Å². The SMILES string of the molecule is O=C(NNC(=O)c1cc2ccccc2nc1N1CCCC1)c1ccc(Cl)cc1. The average molecular weight is 395 g/mol. The van der Waals surface area contributed by atoms with Crippen molar-refractivity contribution in [3.63, 3.8) is 0 Å². The zero-order valence-corrected chi connectivity index (χ0v) is 15.9. The molecule has 2 N–H and O–H groups in total. The third kappa shape index (κ3) is 3.77. The second kappa shape index (κ2) is 7.86. The molecule has 0 spiro atoms. The molecular weight excluding hydrogens is 376 g/mol. The predicted octanol–water partition coefficient (Wildman–Crippen LogP) is 3.56. The van der Waals surface area contributed by atoms with Gasteiger partial charge in [0.05, 0.1) is 11.1 Å². The van der Waals surface area contributed by atoms with Gasteiger partial charge in [0.1, 0.15) is 5.82 Å². The van der Waals surface area contributed by atoms with E-state index in [1.165, 1.54) is 0 Å². The largest absolute Gasteiger partial charge is 0.356 e. The van der Waals surface area contributed by atoms with E-state index >= 15 is 0 Å². The fourth-order valence-electron chi connectivity index (χ4n) is 3.30. The number of pyridine rings is 1. The summed E-state index contributed by atoms with van der Waals surface area (Å²) in [5.74, 6) is -0.168. The molecule has 1 aromatic heterocycles. The van der Waals surface area contributed by atoms with Crippen LogP contribution in [0.1, 0.15) is 33.6 Å². The maximum Gasteiger partial charge on any atom is 0.273 e. The van der Waals surface area contributed by atoms with Crippen LogP contribution in [0.15, 0.2) is 54.6 Å². The maximum atomic E-state index is 12.8. The third-order valence-corrected chi connectivity index (χ3v) is 5.00. The molecule has 1 aliphatic rings. The Hall–Kier alpha value is -3.12. The van der Waals surface area contributed by atoms with Gasteiger partial charge in [0.15, 0.2) is 0 Å². The standard InChI is InChI=1S/C21H19ClN4O2/c22-16-9-7-14(8-10-16)20(27)24-25-21(28)17-13-15-5-1-2-6-18(15)23-19(17)26-11-3-4-12-26/h1-2,5-10,13H,3-4,11-12H2,(H,24,27)(H,25,28). The fourth-order valence-corrected chi connectivity index (χ4v) is 3.42. The first-order valence-electron chi connectivity index (χ1n) is 9.13. The van der Waals surface area contributed by atoms with Gasteiger partial charge < -0.3 is 4.90 Å². The van der Waals surface area contributed by atoms with Crippen molar-refractivity contribution in [2.75, 3.05) is 18.0 Å². The van der Waals surface area contributed by atoms with Crippen molar-refractivity contribution < 1.29 is 9.59 Å². The molecule has 0 aliphatic carbocycles. The second-order valence-electron chi connectivity index (χ2n) is 6.66. The van der Waals surface area contributed by atoms with Crippen LogP contribution in [0.3, 0.4) is 0 Å². The number of benzene rings is 2. The molecule has 7 heteroatoms. The minimum absolute atomic E-state index is 0.400. The number of amides is 2. The lowest BCUT2D eigenvalue weighted by molar-refractivity contribution is 0.0847. The van der Waals surface area contributed by atoms with Gasteiger partial charge in [0, 0.05) is 29.1 Å². The number of carbonyl (C=O) groups excluding carboxylic acids is 2. The number of hydrogen-bond acceptors (Lipinski definition) is 4. The number of hydrazine groups is 1. The summed E-state index contributed by atoms with van der Waals surface area (Å²) < 4.78 is 0. The van der Waals surface area contributed by atoms with Gasteiger partial charge in [-0.15, -0.1) is 0 Å². The van der Waals surface area contributed by atoms with Crippen LogP contribution in [0, 0.1) is 0 Å². The molecule has 0 radical (unpaired) electrons. The lowest BCUT2D eigenvalue weighted by atomic mass is 10.1. The summed E-state index contributed by atoms with van der Waals surface area (Å²) in [4.78, 5) is 31.9. The number of carbonyl (C=O) groups is 2. The normalized spacial score (nSPS) is 13.5. The predicted molar refractivity (Wildman–Crippen MR) is 110 cm³/mol. The van der Waals surface area contributed by atoms with Crippen LogP contribution < -0.4 is 15.8 Å². The highest BCUT2D eigenvalue weighted by Crippen LogP contribution is 2.26. The quantitative estimate of drug-likeness (QED) is 0.666. The summed E-state index contributed by atoms with van der Waals surface area (Å²) in [5.41, 5.74) is 6.64. The molecule has 1 aliphatic heterocycles. The molecule has 0 atom stereocenters. The van der Waals surface area contributed by atoms with Gasteiger partial charge >= 0.3 is 0 Å². The van der Waals surface area contributed by atoms with Crippen molar-refractivity contribution in [2.24, 2.45) is 0 Å². The van der Waals surface area contributed by atoms with Crippen LogP contribution in [0.25, 0.3) is 10.9 Å². The Morgan fingerprint density at radius 1 is 0.929 bits per heavy atom. The fraction of sp³-hybridized carbons (Fsp3) is 0.190. The molecule has 1 saturated heterocycles. The van der Waals surface area contributed by atoms with Gasteiger partial charge in [-0.25, -0.2) is 4.98 Å². The number of nitrogens with one attached hydrogen (secondary N) is 2. The number of rotatable bonds is 3. The Labute approximate surface area is 167 Å².